The van der Waals surface area contributed by atoms with Crippen molar-refractivity contribution >= 4 is 17.7 Å². The predicted octanol–water partition coefficient (Wildman–Crippen LogP) is 1.97. The highest BCUT2D eigenvalue weighted by atomic mass is 32.2. The topological polar surface area (TPSA) is 69.6 Å². The van der Waals surface area contributed by atoms with Crippen molar-refractivity contribution in [1.29, 1.82) is 0 Å². The molecule has 3 N–H and O–H groups in total. The number of carbonyl (C=O) groups excluding carboxylic acids is 1. The zero-order valence-corrected chi connectivity index (χ0v) is 10.9. The number of carbonyl (C=O) groups is 1. The molecule has 1 amide bonds. The van der Waals surface area contributed by atoms with Crippen LogP contribution in [0.4, 0.5) is 0 Å². The van der Waals surface area contributed by atoms with E-state index >= 15 is 0 Å². The van der Waals surface area contributed by atoms with E-state index in [0.717, 1.165) is 24.3 Å². The van der Waals surface area contributed by atoms with Gasteiger partial charge in [-0.3, -0.25) is 4.79 Å². The lowest BCUT2D eigenvalue weighted by Crippen LogP contribution is -2.31. The molecule has 98 valence electrons. The molecule has 1 aromatic carbocycles. The van der Waals surface area contributed by atoms with Gasteiger partial charge in [0.2, 0.25) is 0 Å². The summed E-state index contributed by atoms with van der Waals surface area (Å²) in [7, 11) is 0. The first-order chi connectivity index (χ1) is 8.68. The smallest absolute Gasteiger partial charge is 0.258 e. The SMILES string of the molecule is O=C(NCC1CCSCC1)c1c(O)cccc1O. The molecule has 1 fully saturated rings. The van der Waals surface area contributed by atoms with Crippen LogP contribution < -0.4 is 5.32 Å². The zero-order chi connectivity index (χ0) is 13.0. The number of phenolic OH excluding ortho intramolecular Hbond substituents is 2. The van der Waals surface area contributed by atoms with Crippen LogP contribution in [-0.4, -0.2) is 34.2 Å². The quantitative estimate of drug-likeness (QED) is 0.783. The molecule has 0 unspecified atom stereocenters. The van der Waals surface area contributed by atoms with Gasteiger partial charge < -0.3 is 15.5 Å². The van der Waals surface area contributed by atoms with Gasteiger partial charge in [0.15, 0.2) is 0 Å². The Labute approximate surface area is 110 Å². The third-order valence-electron chi connectivity index (χ3n) is 3.14. The average Bonchev–Trinajstić information content (AvgIpc) is 2.37. The Bertz CT molecular complexity index is 410. The lowest BCUT2D eigenvalue weighted by Gasteiger charge is -2.21. The second kappa shape index (κ2) is 6.00. The molecular weight excluding hydrogens is 250 g/mol. The first-order valence-corrected chi connectivity index (χ1v) is 7.21. The van der Waals surface area contributed by atoms with E-state index in [1.54, 1.807) is 0 Å². The molecule has 0 atom stereocenters. The van der Waals surface area contributed by atoms with Gasteiger partial charge in [0, 0.05) is 6.54 Å². The van der Waals surface area contributed by atoms with Gasteiger partial charge in [0.1, 0.15) is 17.1 Å². The maximum absolute atomic E-state index is 11.9. The van der Waals surface area contributed by atoms with E-state index in [-0.39, 0.29) is 17.1 Å². The van der Waals surface area contributed by atoms with Gasteiger partial charge in [0.25, 0.3) is 5.91 Å². The molecule has 0 aromatic heterocycles. The highest BCUT2D eigenvalue weighted by Crippen LogP contribution is 2.26. The van der Waals surface area contributed by atoms with Crippen LogP contribution in [0.2, 0.25) is 0 Å². The number of thioether (sulfide) groups is 1. The van der Waals surface area contributed by atoms with E-state index < -0.39 is 5.91 Å². The molecule has 0 aliphatic carbocycles. The van der Waals surface area contributed by atoms with Crippen LogP contribution in [0.15, 0.2) is 18.2 Å². The molecular formula is C13H17NO3S. The van der Waals surface area contributed by atoms with Crippen LogP contribution in [0.5, 0.6) is 11.5 Å². The summed E-state index contributed by atoms with van der Waals surface area (Å²) in [5, 5.41) is 21.9. The van der Waals surface area contributed by atoms with E-state index in [0.29, 0.717) is 12.5 Å². The third kappa shape index (κ3) is 3.10. The van der Waals surface area contributed by atoms with Crippen LogP contribution in [0, 0.1) is 5.92 Å². The molecule has 0 spiro atoms. The van der Waals surface area contributed by atoms with Crippen molar-refractivity contribution in [2.75, 3.05) is 18.1 Å². The fourth-order valence-electron chi connectivity index (χ4n) is 2.04. The highest BCUT2D eigenvalue weighted by molar-refractivity contribution is 7.99. The fraction of sp³-hybridized carbons (Fsp3) is 0.462. The van der Waals surface area contributed by atoms with Crippen LogP contribution in [-0.2, 0) is 0 Å². The molecule has 0 bridgehead atoms. The Hall–Kier alpha value is -1.36. The Morgan fingerprint density at radius 2 is 1.89 bits per heavy atom. The lowest BCUT2D eigenvalue weighted by atomic mass is 10.0. The monoisotopic (exact) mass is 267 g/mol. The van der Waals surface area contributed by atoms with Crippen LogP contribution in [0.1, 0.15) is 23.2 Å². The van der Waals surface area contributed by atoms with Gasteiger partial charge in [-0.15, -0.1) is 0 Å². The van der Waals surface area contributed by atoms with Crippen LogP contribution in [0.25, 0.3) is 0 Å². The lowest BCUT2D eigenvalue weighted by molar-refractivity contribution is 0.0941. The summed E-state index contributed by atoms with van der Waals surface area (Å²) in [5.41, 5.74) is -0.0392. The number of benzene rings is 1. The van der Waals surface area contributed by atoms with Crippen LogP contribution in [0.3, 0.4) is 0 Å². The van der Waals surface area contributed by atoms with Gasteiger partial charge in [0.05, 0.1) is 0 Å². The number of rotatable bonds is 3. The number of nitrogens with one attached hydrogen (secondary N) is 1. The summed E-state index contributed by atoms with van der Waals surface area (Å²) >= 11 is 1.94. The molecule has 2 rings (SSSR count). The predicted molar refractivity (Wildman–Crippen MR) is 72.2 cm³/mol. The van der Waals surface area contributed by atoms with E-state index in [2.05, 4.69) is 5.32 Å². The standard InChI is InChI=1S/C13H17NO3S/c15-10-2-1-3-11(16)12(10)13(17)14-8-9-4-6-18-7-5-9/h1-3,9,15-16H,4-8H2,(H,14,17). The first kappa shape index (κ1) is 13.1. The average molecular weight is 267 g/mol. The van der Waals surface area contributed by atoms with E-state index in [4.69, 9.17) is 0 Å². The maximum Gasteiger partial charge on any atom is 0.258 e. The Morgan fingerprint density at radius 3 is 2.50 bits per heavy atom. The van der Waals surface area contributed by atoms with E-state index in [1.807, 2.05) is 11.8 Å². The van der Waals surface area contributed by atoms with Crippen molar-refractivity contribution in [3.63, 3.8) is 0 Å². The van der Waals surface area contributed by atoms with E-state index in [9.17, 15) is 15.0 Å². The molecule has 0 saturated carbocycles. The molecule has 1 aliphatic heterocycles. The number of phenols is 2. The Morgan fingerprint density at radius 1 is 1.28 bits per heavy atom. The Balaban J connectivity index is 1.95. The van der Waals surface area contributed by atoms with Crippen molar-refractivity contribution in [1.82, 2.24) is 5.32 Å². The zero-order valence-electron chi connectivity index (χ0n) is 10.1. The second-order valence-electron chi connectivity index (χ2n) is 4.44. The minimum Gasteiger partial charge on any atom is -0.507 e. The fourth-order valence-corrected chi connectivity index (χ4v) is 3.24. The second-order valence-corrected chi connectivity index (χ2v) is 5.66. The van der Waals surface area contributed by atoms with Crippen molar-refractivity contribution in [3.05, 3.63) is 23.8 Å². The molecule has 1 saturated heterocycles. The molecule has 18 heavy (non-hydrogen) atoms. The summed E-state index contributed by atoms with van der Waals surface area (Å²) in [6.45, 7) is 0.604. The maximum atomic E-state index is 11.9. The van der Waals surface area contributed by atoms with Gasteiger partial charge >= 0.3 is 0 Å². The largest absolute Gasteiger partial charge is 0.507 e. The van der Waals surface area contributed by atoms with Crippen molar-refractivity contribution in [2.24, 2.45) is 5.92 Å². The molecule has 0 radical (unpaired) electrons. The minimum atomic E-state index is -0.413. The van der Waals surface area contributed by atoms with Gasteiger partial charge in [-0.1, -0.05) is 6.07 Å². The van der Waals surface area contributed by atoms with Gasteiger partial charge in [-0.2, -0.15) is 11.8 Å². The van der Waals surface area contributed by atoms with E-state index in [1.165, 1.54) is 18.2 Å². The number of hydrogen-bond donors (Lipinski definition) is 3. The van der Waals surface area contributed by atoms with Gasteiger partial charge in [-0.25, -0.2) is 0 Å². The summed E-state index contributed by atoms with van der Waals surface area (Å²) < 4.78 is 0. The molecule has 1 aromatic rings. The molecule has 4 nitrogen and oxygen atoms in total. The van der Waals surface area contributed by atoms with Crippen molar-refractivity contribution in [2.45, 2.75) is 12.8 Å². The number of hydrogen-bond acceptors (Lipinski definition) is 4. The third-order valence-corrected chi connectivity index (χ3v) is 4.19. The summed E-state index contributed by atoms with van der Waals surface area (Å²) in [6.07, 6.45) is 2.22. The highest BCUT2D eigenvalue weighted by Gasteiger charge is 2.18. The van der Waals surface area contributed by atoms with Crippen molar-refractivity contribution < 1.29 is 15.0 Å². The number of amides is 1. The number of aromatic hydroxyl groups is 2. The first-order valence-electron chi connectivity index (χ1n) is 6.05. The molecule has 5 heteroatoms. The minimum absolute atomic E-state index is 0.0392. The summed E-state index contributed by atoms with van der Waals surface area (Å²) in [5.74, 6) is 2.00. The van der Waals surface area contributed by atoms with Crippen LogP contribution >= 0.6 is 11.8 Å². The summed E-state index contributed by atoms with van der Waals surface area (Å²) in [4.78, 5) is 11.9. The van der Waals surface area contributed by atoms with Gasteiger partial charge in [-0.05, 0) is 42.4 Å². The van der Waals surface area contributed by atoms with Crippen molar-refractivity contribution in [3.8, 4) is 11.5 Å². The normalized spacial score (nSPS) is 16.4. The Kier molecular flexibility index (Phi) is 4.36. The molecule has 1 heterocycles. The molecule has 1 aliphatic rings. The summed E-state index contributed by atoms with van der Waals surface area (Å²) in [6, 6.07) is 4.29.